The lowest BCUT2D eigenvalue weighted by Crippen LogP contribution is -2.10. The number of pyridine rings is 1. The summed E-state index contributed by atoms with van der Waals surface area (Å²) in [7, 11) is 0. The highest BCUT2D eigenvalue weighted by molar-refractivity contribution is 5.82. The molecule has 2 nitrogen and oxygen atoms in total. The van der Waals surface area contributed by atoms with Gasteiger partial charge in [-0.15, -0.1) is 0 Å². The van der Waals surface area contributed by atoms with E-state index in [1.54, 1.807) is 0 Å². The lowest BCUT2D eigenvalue weighted by molar-refractivity contribution is 0.783. The number of nitrogens with one attached hydrogen (secondary N) is 1. The highest BCUT2D eigenvalue weighted by Crippen LogP contribution is 2.29. The largest absolute Gasteiger partial charge is 0.385 e. The van der Waals surface area contributed by atoms with Gasteiger partial charge in [0.25, 0.3) is 0 Å². The first-order chi connectivity index (χ1) is 10.7. The maximum absolute atomic E-state index is 4.42. The summed E-state index contributed by atoms with van der Waals surface area (Å²) in [6.45, 7) is 9.30. The van der Waals surface area contributed by atoms with Crippen LogP contribution in [-0.2, 0) is 6.42 Å². The van der Waals surface area contributed by atoms with Gasteiger partial charge in [-0.05, 0) is 49.5 Å². The van der Waals surface area contributed by atoms with E-state index in [9.17, 15) is 0 Å². The Labute approximate surface area is 132 Å². The fourth-order valence-corrected chi connectivity index (χ4v) is 3.12. The standard InChI is InChI=1S/C20H22N2/c1-4-18(20-8-6-12-22-15(20)3)17-9-10-19-14(2)21-11-5-7-16(19)13-17/h4,6,8-10,12-13,21H,2,5,7,11H2,1,3H3/b18-4-. The highest BCUT2D eigenvalue weighted by atomic mass is 14.9. The second-order valence-corrected chi connectivity index (χ2v) is 5.72. The summed E-state index contributed by atoms with van der Waals surface area (Å²) in [5.41, 5.74) is 8.45. The second kappa shape index (κ2) is 6.18. The zero-order valence-electron chi connectivity index (χ0n) is 13.3. The van der Waals surface area contributed by atoms with E-state index in [2.05, 4.69) is 61.1 Å². The maximum atomic E-state index is 4.42. The van der Waals surface area contributed by atoms with Crippen LogP contribution in [0, 0.1) is 6.92 Å². The number of benzene rings is 1. The molecule has 1 aromatic carbocycles. The molecule has 0 spiro atoms. The molecule has 1 aliphatic heterocycles. The highest BCUT2D eigenvalue weighted by Gasteiger charge is 2.14. The lowest BCUT2D eigenvalue weighted by Gasteiger charge is -2.14. The average molecular weight is 290 g/mol. The van der Waals surface area contributed by atoms with E-state index in [-0.39, 0.29) is 0 Å². The topological polar surface area (TPSA) is 24.9 Å². The summed E-state index contributed by atoms with van der Waals surface area (Å²) < 4.78 is 0. The third-order valence-electron chi connectivity index (χ3n) is 4.29. The van der Waals surface area contributed by atoms with Crippen LogP contribution < -0.4 is 5.32 Å². The fraction of sp³-hybridized carbons (Fsp3) is 0.250. The number of fused-ring (bicyclic) bond motifs is 1. The summed E-state index contributed by atoms with van der Waals surface area (Å²) in [5.74, 6) is 0. The van der Waals surface area contributed by atoms with Gasteiger partial charge >= 0.3 is 0 Å². The molecule has 2 aromatic rings. The van der Waals surface area contributed by atoms with Crippen LogP contribution in [0.2, 0.25) is 0 Å². The number of rotatable bonds is 2. The molecule has 0 saturated heterocycles. The molecule has 0 bridgehead atoms. The number of hydrogen-bond acceptors (Lipinski definition) is 2. The molecule has 1 aromatic heterocycles. The molecule has 0 fully saturated rings. The van der Waals surface area contributed by atoms with Gasteiger partial charge in [0.15, 0.2) is 0 Å². The quantitative estimate of drug-likeness (QED) is 0.889. The van der Waals surface area contributed by atoms with Crippen LogP contribution in [0.4, 0.5) is 0 Å². The van der Waals surface area contributed by atoms with E-state index in [1.165, 1.54) is 27.8 Å². The minimum absolute atomic E-state index is 1.00. The molecule has 2 heteroatoms. The van der Waals surface area contributed by atoms with E-state index < -0.39 is 0 Å². The molecule has 0 atom stereocenters. The maximum Gasteiger partial charge on any atom is 0.0451 e. The second-order valence-electron chi connectivity index (χ2n) is 5.72. The lowest BCUT2D eigenvalue weighted by atomic mass is 9.92. The van der Waals surface area contributed by atoms with Crippen molar-refractivity contribution < 1.29 is 0 Å². The molecule has 1 N–H and O–H groups in total. The van der Waals surface area contributed by atoms with Gasteiger partial charge in [0.1, 0.15) is 0 Å². The van der Waals surface area contributed by atoms with Crippen molar-refractivity contribution in [2.24, 2.45) is 0 Å². The van der Waals surface area contributed by atoms with Crippen molar-refractivity contribution >= 4 is 11.3 Å². The van der Waals surface area contributed by atoms with E-state index in [4.69, 9.17) is 0 Å². The summed E-state index contributed by atoms with van der Waals surface area (Å²) >= 11 is 0. The Bertz CT molecular complexity index is 741. The van der Waals surface area contributed by atoms with Gasteiger partial charge in [-0.2, -0.15) is 0 Å². The molecule has 0 aliphatic carbocycles. The number of aryl methyl sites for hydroxylation is 2. The van der Waals surface area contributed by atoms with E-state index in [0.29, 0.717) is 0 Å². The average Bonchev–Trinajstić information content (AvgIpc) is 2.71. The minimum atomic E-state index is 1.00. The molecule has 112 valence electrons. The summed E-state index contributed by atoms with van der Waals surface area (Å²) in [6.07, 6.45) is 6.26. The Morgan fingerprint density at radius 3 is 2.95 bits per heavy atom. The van der Waals surface area contributed by atoms with Crippen LogP contribution in [0.3, 0.4) is 0 Å². The molecule has 2 heterocycles. The Morgan fingerprint density at radius 2 is 2.18 bits per heavy atom. The molecule has 1 aliphatic rings. The molecular weight excluding hydrogens is 268 g/mol. The first kappa shape index (κ1) is 14.6. The van der Waals surface area contributed by atoms with Crippen molar-refractivity contribution in [1.82, 2.24) is 10.3 Å². The number of aromatic nitrogens is 1. The zero-order chi connectivity index (χ0) is 15.5. The smallest absolute Gasteiger partial charge is 0.0451 e. The van der Waals surface area contributed by atoms with Gasteiger partial charge in [-0.25, -0.2) is 0 Å². The van der Waals surface area contributed by atoms with Crippen molar-refractivity contribution in [3.8, 4) is 0 Å². The van der Waals surface area contributed by atoms with Crippen molar-refractivity contribution in [3.63, 3.8) is 0 Å². The molecule has 0 saturated carbocycles. The van der Waals surface area contributed by atoms with Crippen LogP contribution in [0.5, 0.6) is 0 Å². The van der Waals surface area contributed by atoms with Crippen molar-refractivity contribution in [1.29, 1.82) is 0 Å². The first-order valence-corrected chi connectivity index (χ1v) is 7.85. The Balaban J connectivity index is 2.07. The fourth-order valence-electron chi connectivity index (χ4n) is 3.12. The Hall–Kier alpha value is -2.35. The van der Waals surface area contributed by atoms with Crippen molar-refractivity contribution in [2.75, 3.05) is 6.54 Å². The SMILES string of the molecule is C=C1NCCCc2cc(/C(=C/C)c3cccnc3C)ccc21. The van der Waals surface area contributed by atoms with Gasteiger partial charge in [0.05, 0.1) is 0 Å². The zero-order valence-corrected chi connectivity index (χ0v) is 13.3. The first-order valence-electron chi connectivity index (χ1n) is 7.85. The van der Waals surface area contributed by atoms with Crippen LogP contribution in [0.15, 0.2) is 49.2 Å². The number of nitrogens with zero attached hydrogens (tertiary/aromatic N) is 1. The monoisotopic (exact) mass is 290 g/mol. The molecule has 0 amide bonds. The number of allylic oxidation sites excluding steroid dienone is 1. The molecule has 22 heavy (non-hydrogen) atoms. The van der Waals surface area contributed by atoms with E-state index in [1.807, 2.05) is 12.3 Å². The van der Waals surface area contributed by atoms with Crippen LogP contribution >= 0.6 is 0 Å². The molecular formula is C20H22N2. The third-order valence-corrected chi connectivity index (χ3v) is 4.29. The van der Waals surface area contributed by atoms with Gasteiger partial charge in [0, 0.05) is 35.3 Å². The van der Waals surface area contributed by atoms with Gasteiger partial charge in [-0.3, -0.25) is 4.98 Å². The van der Waals surface area contributed by atoms with Crippen LogP contribution in [0.1, 0.15) is 41.3 Å². The van der Waals surface area contributed by atoms with Gasteiger partial charge in [-0.1, -0.05) is 36.9 Å². The van der Waals surface area contributed by atoms with Crippen LogP contribution in [-0.4, -0.2) is 11.5 Å². The predicted octanol–water partition coefficient (Wildman–Crippen LogP) is 4.35. The molecule has 3 rings (SSSR count). The summed E-state index contributed by atoms with van der Waals surface area (Å²) in [4.78, 5) is 4.42. The normalized spacial score (nSPS) is 15.0. The molecule has 0 radical (unpaired) electrons. The predicted molar refractivity (Wildman–Crippen MR) is 93.5 cm³/mol. The van der Waals surface area contributed by atoms with Crippen molar-refractivity contribution in [2.45, 2.75) is 26.7 Å². The van der Waals surface area contributed by atoms with E-state index in [0.717, 1.165) is 30.8 Å². The Kier molecular flexibility index (Phi) is 4.10. The molecule has 0 unspecified atom stereocenters. The van der Waals surface area contributed by atoms with Crippen molar-refractivity contribution in [3.05, 3.63) is 77.1 Å². The Morgan fingerprint density at radius 1 is 1.32 bits per heavy atom. The van der Waals surface area contributed by atoms with Gasteiger partial charge in [0.2, 0.25) is 0 Å². The minimum Gasteiger partial charge on any atom is -0.385 e. The number of hydrogen-bond donors (Lipinski definition) is 1. The summed E-state index contributed by atoms with van der Waals surface area (Å²) in [5, 5.41) is 3.39. The van der Waals surface area contributed by atoms with E-state index >= 15 is 0 Å². The summed E-state index contributed by atoms with van der Waals surface area (Å²) in [6, 6.07) is 10.8. The van der Waals surface area contributed by atoms with Crippen LogP contribution in [0.25, 0.3) is 11.3 Å². The van der Waals surface area contributed by atoms with Gasteiger partial charge < -0.3 is 5.32 Å². The third kappa shape index (κ3) is 2.69.